The molecule has 0 saturated heterocycles. The highest BCUT2D eigenvalue weighted by Gasteiger charge is 2.08. The lowest BCUT2D eigenvalue weighted by Gasteiger charge is -2.14. The normalized spacial score (nSPS) is 12.8. The molecule has 2 aromatic heterocycles. The van der Waals surface area contributed by atoms with Gasteiger partial charge in [0.1, 0.15) is 0 Å². The molecule has 1 unspecified atom stereocenters. The Hall–Kier alpha value is -1.62. The van der Waals surface area contributed by atoms with Crippen LogP contribution < -0.4 is 5.32 Å². The van der Waals surface area contributed by atoms with Crippen LogP contribution in [0.25, 0.3) is 0 Å². The number of hydrogen-bond donors (Lipinski definition) is 1. The van der Waals surface area contributed by atoms with Crippen molar-refractivity contribution in [1.82, 2.24) is 24.9 Å². The Morgan fingerprint density at radius 3 is 2.79 bits per heavy atom. The molecule has 5 nitrogen and oxygen atoms in total. The van der Waals surface area contributed by atoms with E-state index in [1.54, 1.807) is 0 Å². The maximum atomic E-state index is 4.39. The molecule has 0 saturated carbocycles. The predicted molar refractivity (Wildman–Crippen MR) is 75.7 cm³/mol. The molecule has 5 heteroatoms. The van der Waals surface area contributed by atoms with E-state index in [1.165, 1.54) is 11.3 Å². The van der Waals surface area contributed by atoms with Gasteiger partial charge in [0.15, 0.2) is 0 Å². The van der Waals surface area contributed by atoms with E-state index in [4.69, 9.17) is 0 Å². The first kappa shape index (κ1) is 13.8. The van der Waals surface area contributed by atoms with Crippen LogP contribution in [-0.4, -0.2) is 19.6 Å². The van der Waals surface area contributed by atoms with Gasteiger partial charge in [0.2, 0.25) is 0 Å². The second kappa shape index (κ2) is 6.02. The molecule has 2 rings (SSSR count). The molecule has 0 aromatic carbocycles. The van der Waals surface area contributed by atoms with E-state index in [9.17, 15) is 0 Å². The first-order valence-electron chi connectivity index (χ1n) is 6.84. The fraction of sp³-hybridized carbons (Fsp3) is 0.571. The van der Waals surface area contributed by atoms with Crippen LogP contribution in [0.2, 0.25) is 0 Å². The van der Waals surface area contributed by atoms with Crippen LogP contribution in [0.1, 0.15) is 43.3 Å². The third kappa shape index (κ3) is 3.23. The zero-order valence-corrected chi connectivity index (χ0v) is 12.2. The molecule has 0 radical (unpaired) electrons. The molecule has 1 atom stereocenters. The van der Waals surface area contributed by atoms with E-state index in [0.29, 0.717) is 6.04 Å². The van der Waals surface area contributed by atoms with Crippen LogP contribution in [0.4, 0.5) is 0 Å². The van der Waals surface area contributed by atoms with Crippen molar-refractivity contribution in [2.24, 2.45) is 7.05 Å². The summed E-state index contributed by atoms with van der Waals surface area (Å²) in [5.41, 5.74) is 3.57. The summed E-state index contributed by atoms with van der Waals surface area (Å²) in [6.45, 7) is 8.09. The van der Waals surface area contributed by atoms with E-state index in [0.717, 1.165) is 25.2 Å². The van der Waals surface area contributed by atoms with E-state index in [-0.39, 0.29) is 0 Å². The fourth-order valence-corrected chi connectivity index (χ4v) is 2.20. The Morgan fingerprint density at radius 2 is 2.16 bits per heavy atom. The van der Waals surface area contributed by atoms with Crippen molar-refractivity contribution in [3.63, 3.8) is 0 Å². The minimum Gasteiger partial charge on any atom is -0.307 e. The van der Waals surface area contributed by atoms with Gasteiger partial charge in [-0.15, -0.1) is 0 Å². The summed E-state index contributed by atoms with van der Waals surface area (Å²) in [5, 5.41) is 12.2. The van der Waals surface area contributed by atoms with E-state index >= 15 is 0 Å². The van der Waals surface area contributed by atoms with Crippen LogP contribution in [-0.2, 0) is 20.1 Å². The maximum Gasteiger partial charge on any atom is 0.0638 e. The van der Waals surface area contributed by atoms with E-state index < -0.39 is 0 Å². The van der Waals surface area contributed by atoms with Crippen molar-refractivity contribution in [2.45, 2.75) is 46.3 Å². The number of aryl methyl sites for hydroxylation is 2. The van der Waals surface area contributed by atoms with Gasteiger partial charge in [-0.1, -0.05) is 6.92 Å². The summed E-state index contributed by atoms with van der Waals surface area (Å²) in [7, 11) is 1.95. The molecule has 1 N–H and O–H groups in total. The Kier molecular flexibility index (Phi) is 4.37. The molecule has 0 aliphatic heterocycles. The molecule has 0 amide bonds. The van der Waals surface area contributed by atoms with Crippen molar-refractivity contribution in [3.8, 4) is 0 Å². The van der Waals surface area contributed by atoms with Gasteiger partial charge in [-0.05, 0) is 26.3 Å². The third-order valence-electron chi connectivity index (χ3n) is 3.50. The lowest BCUT2D eigenvalue weighted by atomic mass is 10.2. The minimum atomic E-state index is 0.451. The van der Waals surface area contributed by atoms with Gasteiger partial charge in [0.05, 0.1) is 11.4 Å². The van der Waals surface area contributed by atoms with Gasteiger partial charge in [0, 0.05) is 44.1 Å². The second-order valence-electron chi connectivity index (χ2n) is 5.04. The number of hydrogen-bond acceptors (Lipinski definition) is 3. The molecular weight excluding hydrogens is 238 g/mol. The molecule has 0 aliphatic rings. The fourth-order valence-electron chi connectivity index (χ4n) is 2.20. The molecule has 2 heterocycles. The Morgan fingerprint density at radius 1 is 1.37 bits per heavy atom. The summed E-state index contributed by atoms with van der Waals surface area (Å²) >= 11 is 0. The third-order valence-corrected chi connectivity index (χ3v) is 3.50. The van der Waals surface area contributed by atoms with Gasteiger partial charge >= 0.3 is 0 Å². The summed E-state index contributed by atoms with van der Waals surface area (Å²) < 4.78 is 3.96. The van der Waals surface area contributed by atoms with Crippen molar-refractivity contribution in [2.75, 3.05) is 0 Å². The number of nitrogens with one attached hydrogen (secondary N) is 1. The molecule has 19 heavy (non-hydrogen) atoms. The number of nitrogens with zero attached hydrogens (tertiary/aromatic N) is 4. The average molecular weight is 261 g/mol. The largest absolute Gasteiger partial charge is 0.307 e. The highest BCUT2D eigenvalue weighted by atomic mass is 15.3. The predicted octanol–water partition coefficient (Wildman–Crippen LogP) is 2.19. The second-order valence-corrected chi connectivity index (χ2v) is 5.04. The van der Waals surface area contributed by atoms with Crippen molar-refractivity contribution in [3.05, 3.63) is 35.4 Å². The highest BCUT2D eigenvalue weighted by Crippen LogP contribution is 2.12. The molecule has 0 spiro atoms. The van der Waals surface area contributed by atoms with E-state index in [2.05, 4.69) is 46.3 Å². The molecule has 0 aliphatic carbocycles. The summed E-state index contributed by atoms with van der Waals surface area (Å²) in [4.78, 5) is 0. The Bertz CT molecular complexity index is 526. The van der Waals surface area contributed by atoms with Gasteiger partial charge in [-0.2, -0.15) is 10.2 Å². The zero-order chi connectivity index (χ0) is 13.8. The molecule has 104 valence electrons. The SMILES string of the molecule is CCC(C)n1nccc1CNCc1cn(C)nc1C. The molecule has 2 aromatic rings. The van der Waals surface area contributed by atoms with E-state index in [1.807, 2.05) is 24.9 Å². The highest BCUT2D eigenvalue weighted by molar-refractivity contribution is 5.15. The Balaban J connectivity index is 1.93. The van der Waals surface area contributed by atoms with Crippen LogP contribution in [0.5, 0.6) is 0 Å². The lowest BCUT2D eigenvalue weighted by molar-refractivity contribution is 0.451. The topological polar surface area (TPSA) is 47.7 Å². The van der Waals surface area contributed by atoms with Crippen LogP contribution in [0.15, 0.2) is 18.5 Å². The van der Waals surface area contributed by atoms with Crippen molar-refractivity contribution < 1.29 is 0 Å². The van der Waals surface area contributed by atoms with Gasteiger partial charge in [0.25, 0.3) is 0 Å². The van der Waals surface area contributed by atoms with Crippen molar-refractivity contribution in [1.29, 1.82) is 0 Å². The smallest absolute Gasteiger partial charge is 0.0638 e. The lowest BCUT2D eigenvalue weighted by Crippen LogP contribution is -2.18. The standard InChI is InChI=1S/C14H23N5/c1-5-11(2)19-14(6-7-16-19)9-15-8-13-10-18(4)17-12(13)3/h6-7,10-11,15H,5,8-9H2,1-4H3. The number of aromatic nitrogens is 4. The average Bonchev–Trinajstić information content (AvgIpc) is 2.96. The van der Waals surface area contributed by atoms with Crippen LogP contribution >= 0.6 is 0 Å². The monoisotopic (exact) mass is 261 g/mol. The summed E-state index contributed by atoms with van der Waals surface area (Å²) in [6, 6.07) is 2.53. The minimum absolute atomic E-state index is 0.451. The van der Waals surface area contributed by atoms with Gasteiger partial charge < -0.3 is 5.32 Å². The first-order chi connectivity index (χ1) is 9.11. The van der Waals surface area contributed by atoms with Crippen molar-refractivity contribution >= 4 is 0 Å². The number of rotatable bonds is 6. The maximum absolute atomic E-state index is 4.39. The molecule has 0 bridgehead atoms. The quantitative estimate of drug-likeness (QED) is 0.867. The van der Waals surface area contributed by atoms with Crippen LogP contribution in [0.3, 0.4) is 0 Å². The summed E-state index contributed by atoms with van der Waals surface area (Å²) in [6.07, 6.45) is 5.03. The van der Waals surface area contributed by atoms with Gasteiger partial charge in [-0.25, -0.2) is 0 Å². The molecular formula is C14H23N5. The van der Waals surface area contributed by atoms with Crippen LogP contribution in [0, 0.1) is 6.92 Å². The van der Waals surface area contributed by atoms with Gasteiger partial charge in [-0.3, -0.25) is 9.36 Å². The molecule has 0 fully saturated rings. The summed E-state index contributed by atoms with van der Waals surface area (Å²) in [5.74, 6) is 0. The first-order valence-corrected chi connectivity index (χ1v) is 6.84. The Labute approximate surface area is 114 Å². The zero-order valence-electron chi connectivity index (χ0n) is 12.2.